The van der Waals surface area contributed by atoms with Crippen LogP contribution in [0.4, 0.5) is 0 Å². The van der Waals surface area contributed by atoms with Crippen LogP contribution in [0.5, 0.6) is 0 Å². The summed E-state index contributed by atoms with van der Waals surface area (Å²) in [5.41, 5.74) is 1.39. The van der Waals surface area contributed by atoms with E-state index < -0.39 is 5.97 Å². The molecule has 0 unspecified atom stereocenters. The minimum Gasteiger partial charge on any atom is -0.478 e. The van der Waals surface area contributed by atoms with E-state index in [-0.39, 0.29) is 0 Å². The normalized spacial score (nSPS) is 11.3. The van der Waals surface area contributed by atoms with E-state index in [1.807, 2.05) is 0 Å². The van der Waals surface area contributed by atoms with Crippen molar-refractivity contribution in [3.63, 3.8) is 0 Å². The van der Waals surface area contributed by atoms with Crippen molar-refractivity contribution in [3.8, 4) is 0 Å². The summed E-state index contributed by atoms with van der Waals surface area (Å²) in [5, 5.41) is 16.6. The molecule has 2 aromatic rings. The molecule has 15 heavy (non-hydrogen) atoms. The van der Waals surface area contributed by atoms with Crippen LogP contribution in [0.15, 0.2) is 24.3 Å². The van der Waals surface area contributed by atoms with E-state index in [1.54, 1.807) is 18.2 Å². The minimum absolute atomic E-state index is 0.592. The third-order valence-electron chi connectivity index (χ3n) is 1.94. The largest absolute Gasteiger partial charge is 0.478 e. The van der Waals surface area contributed by atoms with Crippen molar-refractivity contribution in [3.05, 3.63) is 35.0 Å². The Balaban J connectivity index is 2.52. The molecule has 2 N–H and O–H groups in total. The maximum atomic E-state index is 10.4. The van der Waals surface area contributed by atoms with Gasteiger partial charge in [0, 0.05) is 16.5 Å². The smallest absolute Gasteiger partial charge is 0.328 e. The van der Waals surface area contributed by atoms with Gasteiger partial charge in [0.15, 0.2) is 0 Å². The summed E-state index contributed by atoms with van der Waals surface area (Å²) >= 11 is 5.83. The number of hydrogen-bond donors (Lipinski definition) is 2. The molecule has 0 aliphatic rings. The number of aromatic nitrogens is 2. The summed E-state index contributed by atoms with van der Waals surface area (Å²) in [4.78, 5) is 10.4. The van der Waals surface area contributed by atoms with E-state index in [2.05, 4.69) is 10.2 Å². The Morgan fingerprint density at radius 2 is 2.33 bits per heavy atom. The van der Waals surface area contributed by atoms with Crippen molar-refractivity contribution in [2.45, 2.75) is 0 Å². The number of halogens is 1. The van der Waals surface area contributed by atoms with Gasteiger partial charge in [0.2, 0.25) is 0 Å². The molecular weight excluding hydrogens is 216 g/mol. The van der Waals surface area contributed by atoms with Crippen molar-refractivity contribution < 1.29 is 9.90 Å². The predicted octanol–water partition coefficient (Wildman–Crippen LogP) is 2.31. The molecule has 0 amide bonds. The molecule has 0 radical (unpaired) electrons. The number of nitrogens with zero attached hydrogens (tertiary/aromatic N) is 1. The van der Waals surface area contributed by atoms with Gasteiger partial charge in [-0.3, -0.25) is 5.10 Å². The molecule has 0 aliphatic carbocycles. The van der Waals surface area contributed by atoms with E-state index in [9.17, 15) is 4.79 Å². The lowest BCUT2D eigenvalue weighted by atomic mass is 10.2. The molecule has 0 aliphatic heterocycles. The number of carbonyl (C=O) groups is 1. The van der Waals surface area contributed by atoms with E-state index in [0.717, 1.165) is 17.0 Å². The van der Waals surface area contributed by atoms with E-state index in [0.29, 0.717) is 10.7 Å². The predicted molar refractivity (Wildman–Crippen MR) is 57.8 cm³/mol. The number of fused-ring (bicyclic) bond motifs is 1. The number of hydrogen-bond acceptors (Lipinski definition) is 2. The fourth-order valence-electron chi connectivity index (χ4n) is 1.28. The van der Waals surface area contributed by atoms with Crippen LogP contribution in [0.25, 0.3) is 17.0 Å². The SMILES string of the molecule is O=C(O)/C=C/c1[nH]nc2ccc(Cl)cc12. The molecule has 0 bridgehead atoms. The Morgan fingerprint density at radius 3 is 3.07 bits per heavy atom. The second-order valence-electron chi connectivity index (χ2n) is 2.97. The van der Waals surface area contributed by atoms with Crippen molar-refractivity contribution in [2.75, 3.05) is 0 Å². The van der Waals surface area contributed by atoms with Gasteiger partial charge in [0.05, 0.1) is 11.2 Å². The Morgan fingerprint density at radius 1 is 1.53 bits per heavy atom. The Hall–Kier alpha value is -1.81. The highest BCUT2D eigenvalue weighted by Crippen LogP contribution is 2.21. The van der Waals surface area contributed by atoms with Crippen molar-refractivity contribution in [1.29, 1.82) is 0 Å². The maximum absolute atomic E-state index is 10.4. The minimum atomic E-state index is -1.00. The van der Waals surface area contributed by atoms with Crippen LogP contribution in [0.2, 0.25) is 5.02 Å². The summed E-state index contributed by atoms with van der Waals surface area (Å²) in [6.45, 7) is 0. The molecule has 1 aromatic heterocycles. The number of aliphatic carboxylic acids is 1. The molecular formula is C10H7ClN2O2. The first-order valence-corrected chi connectivity index (χ1v) is 4.59. The number of benzene rings is 1. The Kier molecular flexibility index (Phi) is 2.43. The molecule has 76 valence electrons. The number of aromatic amines is 1. The Labute approximate surface area is 90.2 Å². The quantitative estimate of drug-likeness (QED) is 0.767. The number of H-pyrrole nitrogens is 1. The summed E-state index contributed by atoms with van der Waals surface area (Å²) in [7, 11) is 0. The van der Waals surface area contributed by atoms with E-state index in [4.69, 9.17) is 16.7 Å². The molecule has 0 spiro atoms. The first-order chi connectivity index (χ1) is 7.16. The zero-order valence-electron chi connectivity index (χ0n) is 7.57. The molecule has 0 saturated carbocycles. The van der Waals surface area contributed by atoms with Gasteiger partial charge in [-0.25, -0.2) is 4.79 Å². The number of rotatable bonds is 2. The number of carboxylic acids is 1. The fourth-order valence-corrected chi connectivity index (χ4v) is 1.46. The highest BCUT2D eigenvalue weighted by molar-refractivity contribution is 6.31. The van der Waals surface area contributed by atoms with Crippen LogP contribution in [-0.2, 0) is 4.79 Å². The molecule has 5 heteroatoms. The molecule has 0 saturated heterocycles. The second-order valence-corrected chi connectivity index (χ2v) is 3.41. The monoisotopic (exact) mass is 222 g/mol. The zero-order valence-corrected chi connectivity index (χ0v) is 8.32. The lowest BCUT2D eigenvalue weighted by Gasteiger charge is -1.91. The molecule has 4 nitrogen and oxygen atoms in total. The van der Waals surface area contributed by atoms with Crippen LogP contribution in [0.1, 0.15) is 5.69 Å². The fraction of sp³-hybridized carbons (Fsp3) is 0. The number of carboxylic acid groups (broad SMARTS) is 1. The average Bonchev–Trinajstić information content (AvgIpc) is 2.57. The van der Waals surface area contributed by atoms with E-state index in [1.165, 1.54) is 6.08 Å². The standard InChI is InChI=1S/C10H7ClN2O2/c11-6-1-2-8-7(5-6)9(13-12-8)3-4-10(14)15/h1-5H,(H,12,13)(H,14,15)/b4-3+. The van der Waals surface area contributed by atoms with Gasteiger partial charge in [0.1, 0.15) is 0 Å². The van der Waals surface area contributed by atoms with Gasteiger partial charge in [-0.15, -0.1) is 0 Å². The molecule has 2 rings (SSSR count). The Bertz CT molecular complexity index is 545. The lowest BCUT2D eigenvalue weighted by molar-refractivity contribution is -0.131. The lowest BCUT2D eigenvalue weighted by Crippen LogP contribution is -1.85. The topological polar surface area (TPSA) is 66.0 Å². The van der Waals surface area contributed by atoms with Crippen LogP contribution in [0, 0.1) is 0 Å². The van der Waals surface area contributed by atoms with E-state index >= 15 is 0 Å². The van der Waals surface area contributed by atoms with Crippen molar-refractivity contribution in [2.24, 2.45) is 0 Å². The van der Waals surface area contributed by atoms with Gasteiger partial charge in [-0.1, -0.05) is 11.6 Å². The third kappa shape index (κ3) is 1.99. The highest BCUT2D eigenvalue weighted by atomic mass is 35.5. The molecule has 1 heterocycles. The third-order valence-corrected chi connectivity index (χ3v) is 2.17. The highest BCUT2D eigenvalue weighted by Gasteiger charge is 2.03. The summed E-state index contributed by atoms with van der Waals surface area (Å²) in [5.74, 6) is -1.00. The maximum Gasteiger partial charge on any atom is 0.328 e. The van der Waals surface area contributed by atoms with Gasteiger partial charge in [-0.2, -0.15) is 5.10 Å². The van der Waals surface area contributed by atoms with Crippen molar-refractivity contribution in [1.82, 2.24) is 10.2 Å². The first-order valence-electron chi connectivity index (χ1n) is 4.21. The average molecular weight is 223 g/mol. The van der Waals surface area contributed by atoms with Crippen LogP contribution in [0.3, 0.4) is 0 Å². The van der Waals surface area contributed by atoms with Gasteiger partial charge < -0.3 is 5.11 Å². The van der Waals surface area contributed by atoms with Gasteiger partial charge in [0.25, 0.3) is 0 Å². The molecule has 0 atom stereocenters. The van der Waals surface area contributed by atoms with Crippen LogP contribution in [-0.4, -0.2) is 21.3 Å². The van der Waals surface area contributed by atoms with Crippen molar-refractivity contribution >= 4 is 34.5 Å². The van der Waals surface area contributed by atoms with Crippen LogP contribution >= 0.6 is 11.6 Å². The summed E-state index contributed by atoms with van der Waals surface area (Å²) < 4.78 is 0. The second kappa shape index (κ2) is 3.74. The van der Waals surface area contributed by atoms with Gasteiger partial charge in [-0.05, 0) is 24.3 Å². The van der Waals surface area contributed by atoms with Crippen LogP contribution < -0.4 is 0 Å². The number of nitrogens with one attached hydrogen (secondary N) is 1. The first kappa shape index (κ1) is 9.73. The zero-order chi connectivity index (χ0) is 10.8. The molecule has 0 fully saturated rings. The summed E-state index contributed by atoms with van der Waals surface area (Å²) in [6.07, 6.45) is 2.50. The molecule has 1 aromatic carbocycles. The summed E-state index contributed by atoms with van der Waals surface area (Å²) in [6, 6.07) is 5.24. The van der Waals surface area contributed by atoms with Gasteiger partial charge >= 0.3 is 5.97 Å².